The highest BCUT2D eigenvalue weighted by Gasteiger charge is 2.46. The van der Waals surface area contributed by atoms with E-state index in [1.165, 1.54) is 63.0 Å². The fourth-order valence-corrected chi connectivity index (χ4v) is 4.16. The molecule has 0 spiro atoms. The van der Waals surface area contributed by atoms with Gasteiger partial charge in [-0.1, -0.05) is 18.2 Å². The third-order valence-electron chi connectivity index (χ3n) is 5.49. The monoisotopic (exact) mass is 271 g/mol. The molecule has 1 unspecified atom stereocenters. The quantitative estimate of drug-likeness (QED) is 0.913. The fraction of sp³-hybridized carbons (Fsp3) is 0.647. The molecule has 2 aliphatic heterocycles. The normalized spacial score (nSPS) is 30.6. The molecule has 2 heterocycles. The highest BCUT2D eigenvalue weighted by Crippen LogP contribution is 2.40. The van der Waals surface area contributed by atoms with E-state index in [2.05, 4.69) is 34.1 Å². The van der Waals surface area contributed by atoms with Crippen LogP contribution in [0.15, 0.2) is 24.3 Å². The number of hydrogen-bond donors (Lipinski definition) is 1. The Hall–Kier alpha value is -1.06. The number of benzene rings is 1. The molecular formula is C17H25N3. The van der Waals surface area contributed by atoms with Crippen molar-refractivity contribution < 1.29 is 0 Å². The van der Waals surface area contributed by atoms with E-state index in [1.54, 1.807) is 0 Å². The Bertz CT molecular complexity index is 497. The summed E-state index contributed by atoms with van der Waals surface area (Å²) in [6, 6.07) is 9.80. The van der Waals surface area contributed by atoms with E-state index in [9.17, 15) is 0 Å². The van der Waals surface area contributed by atoms with Crippen molar-refractivity contribution in [3.8, 4) is 0 Å². The van der Waals surface area contributed by atoms with Crippen LogP contribution < -0.4 is 10.6 Å². The number of anilines is 1. The first kappa shape index (κ1) is 12.7. The molecule has 0 bridgehead atoms. The molecule has 0 aromatic heterocycles. The summed E-state index contributed by atoms with van der Waals surface area (Å²) in [6.07, 6.45) is 6.52. The van der Waals surface area contributed by atoms with Crippen molar-refractivity contribution in [3.63, 3.8) is 0 Å². The van der Waals surface area contributed by atoms with Gasteiger partial charge < -0.3 is 10.6 Å². The van der Waals surface area contributed by atoms with Crippen molar-refractivity contribution in [3.05, 3.63) is 29.8 Å². The van der Waals surface area contributed by atoms with Crippen LogP contribution in [0.2, 0.25) is 0 Å². The lowest BCUT2D eigenvalue weighted by Crippen LogP contribution is -2.57. The van der Waals surface area contributed by atoms with E-state index in [-0.39, 0.29) is 5.54 Å². The number of fused-ring (bicyclic) bond motifs is 1. The molecule has 1 saturated carbocycles. The topological polar surface area (TPSA) is 32.5 Å². The molecule has 1 atom stereocenters. The lowest BCUT2D eigenvalue weighted by atomic mass is 9.90. The van der Waals surface area contributed by atoms with E-state index in [1.807, 2.05) is 0 Å². The number of nitrogens with zero attached hydrogens (tertiary/aromatic N) is 2. The van der Waals surface area contributed by atoms with Gasteiger partial charge in [0.1, 0.15) is 0 Å². The summed E-state index contributed by atoms with van der Waals surface area (Å²) >= 11 is 0. The van der Waals surface area contributed by atoms with E-state index >= 15 is 0 Å². The molecule has 0 radical (unpaired) electrons. The van der Waals surface area contributed by atoms with Crippen molar-refractivity contribution in [1.82, 2.24) is 4.90 Å². The summed E-state index contributed by atoms with van der Waals surface area (Å²) in [5, 5.41) is 0. The first-order chi connectivity index (χ1) is 9.82. The molecule has 3 heteroatoms. The summed E-state index contributed by atoms with van der Waals surface area (Å²) in [6.45, 7) is 4.36. The molecule has 1 aliphatic carbocycles. The van der Waals surface area contributed by atoms with Gasteiger partial charge in [-0.3, -0.25) is 4.90 Å². The van der Waals surface area contributed by atoms with Crippen LogP contribution in [0, 0.1) is 0 Å². The molecule has 1 aromatic rings. The van der Waals surface area contributed by atoms with Gasteiger partial charge in [-0.2, -0.15) is 0 Å². The average molecular weight is 271 g/mol. The second-order valence-electron chi connectivity index (χ2n) is 6.76. The Morgan fingerprint density at radius 3 is 2.85 bits per heavy atom. The van der Waals surface area contributed by atoms with Gasteiger partial charge in [0.05, 0.1) is 5.54 Å². The third kappa shape index (κ3) is 1.95. The van der Waals surface area contributed by atoms with Gasteiger partial charge in [0.25, 0.3) is 0 Å². The van der Waals surface area contributed by atoms with Crippen molar-refractivity contribution >= 4 is 5.69 Å². The Morgan fingerprint density at radius 2 is 2.05 bits per heavy atom. The Morgan fingerprint density at radius 1 is 1.20 bits per heavy atom. The zero-order valence-corrected chi connectivity index (χ0v) is 12.2. The number of nitrogens with two attached hydrogens (primary N) is 1. The molecule has 0 amide bonds. The first-order valence-electron chi connectivity index (χ1n) is 8.12. The zero-order valence-electron chi connectivity index (χ0n) is 12.2. The van der Waals surface area contributed by atoms with Gasteiger partial charge in [0.15, 0.2) is 0 Å². The minimum Gasteiger partial charge on any atom is -0.363 e. The van der Waals surface area contributed by atoms with Gasteiger partial charge in [0.2, 0.25) is 0 Å². The predicted octanol–water partition coefficient (Wildman–Crippen LogP) is 2.00. The van der Waals surface area contributed by atoms with Gasteiger partial charge >= 0.3 is 0 Å². The summed E-state index contributed by atoms with van der Waals surface area (Å²) in [5.74, 6) is 0. The van der Waals surface area contributed by atoms with Crippen molar-refractivity contribution in [2.75, 3.05) is 31.1 Å². The third-order valence-corrected chi connectivity index (χ3v) is 5.49. The minimum absolute atomic E-state index is 0.180. The molecule has 4 rings (SSSR count). The summed E-state index contributed by atoms with van der Waals surface area (Å²) in [5.41, 5.74) is 9.41. The highest BCUT2D eigenvalue weighted by atomic mass is 15.3. The standard InChI is InChI=1S/C17H25N3/c18-12-17(9-11-19(13-17)15-7-8-15)20-10-3-5-14-4-1-2-6-16(14)20/h1-2,4,6,15H,3,5,7-13,18H2. The predicted molar refractivity (Wildman–Crippen MR) is 83.1 cm³/mol. The lowest BCUT2D eigenvalue weighted by molar-refractivity contribution is 0.294. The maximum Gasteiger partial charge on any atom is 0.0662 e. The largest absolute Gasteiger partial charge is 0.363 e. The van der Waals surface area contributed by atoms with E-state index in [4.69, 9.17) is 5.73 Å². The van der Waals surface area contributed by atoms with Crippen molar-refractivity contribution in [2.45, 2.75) is 43.7 Å². The fourth-order valence-electron chi connectivity index (χ4n) is 4.16. The maximum atomic E-state index is 6.27. The molecule has 3 aliphatic rings. The maximum absolute atomic E-state index is 6.27. The number of aryl methyl sites for hydroxylation is 1. The van der Waals surface area contributed by atoms with Crippen LogP contribution in [-0.2, 0) is 6.42 Å². The van der Waals surface area contributed by atoms with Crippen LogP contribution in [0.5, 0.6) is 0 Å². The smallest absolute Gasteiger partial charge is 0.0662 e. The van der Waals surface area contributed by atoms with E-state index in [0.717, 1.165) is 12.6 Å². The first-order valence-corrected chi connectivity index (χ1v) is 8.12. The molecule has 3 nitrogen and oxygen atoms in total. The molecule has 2 fully saturated rings. The van der Waals surface area contributed by atoms with Gasteiger partial charge in [-0.15, -0.1) is 0 Å². The Balaban J connectivity index is 1.65. The molecule has 20 heavy (non-hydrogen) atoms. The van der Waals surface area contributed by atoms with Crippen LogP contribution in [0.3, 0.4) is 0 Å². The number of hydrogen-bond acceptors (Lipinski definition) is 3. The SMILES string of the molecule is NCC1(N2CCCc3ccccc32)CCN(C2CC2)C1. The number of likely N-dealkylation sites (tertiary alicyclic amines) is 1. The van der Waals surface area contributed by atoms with Crippen LogP contribution in [0.4, 0.5) is 5.69 Å². The molecular weight excluding hydrogens is 246 g/mol. The molecule has 108 valence electrons. The van der Waals surface area contributed by atoms with Crippen LogP contribution in [0.1, 0.15) is 31.2 Å². The molecule has 2 N–H and O–H groups in total. The van der Waals surface area contributed by atoms with Gasteiger partial charge in [0, 0.05) is 37.9 Å². The van der Waals surface area contributed by atoms with E-state index in [0.29, 0.717) is 0 Å². The van der Waals surface area contributed by atoms with Gasteiger partial charge in [-0.25, -0.2) is 0 Å². The average Bonchev–Trinajstić information content (AvgIpc) is 3.27. The summed E-state index contributed by atoms with van der Waals surface area (Å²) < 4.78 is 0. The van der Waals surface area contributed by atoms with Gasteiger partial charge in [-0.05, 0) is 43.7 Å². The molecule has 1 saturated heterocycles. The van der Waals surface area contributed by atoms with E-state index < -0.39 is 0 Å². The number of para-hydroxylation sites is 1. The number of rotatable bonds is 3. The Labute approximate surface area is 121 Å². The lowest BCUT2D eigenvalue weighted by Gasteiger charge is -2.45. The summed E-state index contributed by atoms with van der Waals surface area (Å²) in [7, 11) is 0. The highest BCUT2D eigenvalue weighted by molar-refractivity contribution is 5.58. The van der Waals surface area contributed by atoms with Crippen LogP contribution in [0.25, 0.3) is 0 Å². The Kier molecular flexibility index (Phi) is 3.00. The minimum atomic E-state index is 0.180. The van der Waals surface area contributed by atoms with Crippen molar-refractivity contribution in [1.29, 1.82) is 0 Å². The summed E-state index contributed by atoms with van der Waals surface area (Å²) in [4.78, 5) is 5.33. The molecule has 1 aromatic carbocycles. The van der Waals surface area contributed by atoms with Crippen LogP contribution in [-0.4, -0.2) is 42.7 Å². The van der Waals surface area contributed by atoms with Crippen molar-refractivity contribution in [2.24, 2.45) is 5.73 Å². The zero-order chi connectivity index (χ0) is 13.6. The second-order valence-corrected chi connectivity index (χ2v) is 6.76. The van der Waals surface area contributed by atoms with Crippen LogP contribution >= 0.6 is 0 Å². The second kappa shape index (κ2) is 4.74.